The van der Waals surface area contributed by atoms with Gasteiger partial charge in [0, 0.05) is 12.2 Å². The molecule has 17 heavy (non-hydrogen) atoms. The minimum Gasteiger partial charge on any atom is -0.399 e. The molecule has 0 atom stereocenters. The number of nitrogens with two attached hydrogens (primary N) is 1. The first kappa shape index (κ1) is 11.8. The van der Waals surface area contributed by atoms with Crippen molar-refractivity contribution in [3.8, 4) is 6.07 Å². The number of nitriles is 1. The third-order valence-corrected chi connectivity index (χ3v) is 3.98. The summed E-state index contributed by atoms with van der Waals surface area (Å²) in [6.07, 6.45) is 5.14. The van der Waals surface area contributed by atoms with Gasteiger partial charge in [-0.25, -0.2) is 0 Å². The highest BCUT2D eigenvalue weighted by Gasteiger charge is 2.34. The largest absolute Gasteiger partial charge is 0.399 e. The quantitative estimate of drug-likeness (QED) is 0.780. The van der Waals surface area contributed by atoms with E-state index in [0.717, 1.165) is 12.2 Å². The molecule has 0 bridgehead atoms. The summed E-state index contributed by atoms with van der Waals surface area (Å²) in [5, 5.41) is 12.5. The SMILES string of the molecule is CCC1(CNc2ccc(N)cc2C#N)CCC1. The molecule has 1 fully saturated rings. The molecule has 3 nitrogen and oxygen atoms in total. The van der Waals surface area contributed by atoms with Crippen molar-refractivity contribution in [1.29, 1.82) is 5.26 Å². The molecule has 3 N–H and O–H groups in total. The van der Waals surface area contributed by atoms with Gasteiger partial charge in [-0.2, -0.15) is 5.26 Å². The molecule has 3 heteroatoms. The molecule has 0 aromatic heterocycles. The van der Waals surface area contributed by atoms with Gasteiger partial charge in [-0.15, -0.1) is 0 Å². The van der Waals surface area contributed by atoms with Crippen molar-refractivity contribution in [3.05, 3.63) is 23.8 Å². The molecule has 0 aliphatic heterocycles. The van der Waals surface area contributed by atoms with Gasteiger partial charge < -0.3 is 11.1 Å². The fourth-order valence-corrected chi connectivity index (χ4v) is 2.42. The van der Waals surface area contributed by atoms with Crippen LogP contribution in [0.25, 0.3) is 0 Å². The molecule has 90 valence electrons. The highest BCUT2D eigenvalue weighted by Crippen LogP contribution is 2.43. The van der Waals surface area contributed by atoms with Crippen LogP contribution in [0, 0.1) is 16.7 Å². The zero-order valence-electron chi connectivity index (χ0n) is 10.3. The summed E-state index contributed by atoms with van der Waals surface area (Å²) in [5.41, 5.74) is 8.30. The van der Waals surface area contributed by atoms with Crippen LogP contribution < -0.4 is 11.1 Å². The molecule has 0 spiro atoms. The first-order chi connectivity index (χ1) is 8.19. The molecule has 0 amide bonds. The van der Waals surface area contributed by atoms with Gasteiger partial charge in [0.05, 0.1) is 11.3 Å². The van der Waals surface area contributed by atoms with E-state index in [1.807, 2.05) is 12.1 Å². The van der Waals surface area contributed by atoms with Crippen molar-refractivity contribution < 1.29 is 0 Å². The molecule has 0 saturated heterocycles. The summed E-state index contributed by atoms with van der Waals surface area (Å²) in [4.78, 5) is 0. The number of nitrogens with one attached hydrogen (secondary N) is 1. The summed E-state index contributed by atoms with van der Waals surface area (Å²) in [7, 11) is 0. The predicted octanol–water partition coefficient (Wildman–Crippen LogP) is 3.13. The van der Waals surface area contributed by atoms with Gasteiger partial charge in [-0.3, -0.25) is 0 Å². The van der Waals surface area contributed by atoms with Crippen LogP contribution in [0.5, 0.6) is 0 Å². The Morgan fingerprint density at radius 1 is 1.47 bits per heavy atom. The third kappa shape index (κ3) is 2.36. The average Bonchev–Trinajstić information content (AvgIpc) is 2.29. The van der Waals surface area contributed by atoms with Crippen molar-refractivity contribution in [2.75, 3.05) is 17.6 Å². The maximum absolute atomic E-state index is 9.06. The highest BCUT2D eigenvalue weighted by molar-refractivity contribution is 5.63. The van der Waals surface area contributed by atoms with Gasteiger partial charge in [-0.1, -0.05) is 13.3 Å². The minimum absolute atomic E-state index is 0.452. The van der Waals surface area contributed by atoms with Gasteiger partial charge in [0.2, 0.25) is 0 Å². The molecule has 1 saturated carbocycles. The molecular formula is C14H19N3. The lowest BCUT2D eigenvalue weighted by molar-refractivity contribution is 0.145. The van der Waals surface area contributed by atoms with Crippen LogP contribution in [-0.2, 0) is 0 Å². The van der Waals surface area contributed by atoms with Crippen LogP contribution >= 0.6 is 0 Å². The first-order valence-corrected chi connectivity index (χ1v) is 6.23. The molecule has 0 radical (unpaired) electrons. The zero-order valence-corrected chi connectivity index (χ0v) is 10.3. The molecule has 0 heterocycles. The number of anilines is 2. The number of hydrogen-bond donors (Lipinski definition) is 2. The zero-order chi connectivity index (χ0) is 12.3. The van der Waals surface area contributed by atoms with E-state index in [1.54, 1.807) is 6.07 Å². The van der Waals surface area contributed by atoms with Crippen molar-refractivity contribution in [3.63, 3.8) is 0 Å². The second-order valence-corrected chi connectivity index (χ2v) is 4.98. The van der Waals surface area contributed by atoms with Gasteiger partial charge >= 0.3 is 0 Å². The van der Waals surface area contributed by atoms with Crippen molar-refractivity contribution >= 4 is 11.4 Å². The van der Waals surface area contributed by atoms with Gasteiger partial charge in [-0.05, 0) is 42.9 Å². The smallest absolute Gasteiger partial charge is 0.101 e. The molecule has 1 aromatic rings. The van der Waals surface area contributed by atoms with E-state index in [4.69, 9.17) is 11.0 Å². The van der Waals surface area contributed by atoms with Crippen molar-refractivity contribution in [2.24, 2.45) is 5.41 Å². The Morgan fingerprint density at radius 3 is 2.76 bits per heavy atom. The molecule has 1 aliphatic rings. The van der Waals surface area contributed by atoms with Gasteiger partial charge in [0.15, 0.2) is 0 Å². The van der Waals surface area contributed by atoms with Crippen LogP contribution in [0.2, 0.25) is 0 Å². The van der Waals surface area contributed by atoms with E-state index in [0.29, 0.717) is 16.7 Å². The van der Waals surface area contributed by atoms with E-state index < -0.39 is 0 Å². The second kappa shape index (κ2) is 4.67. The summed E-state index contributed by atoms with van der Waals surface area (Å²) in [5.74, 6) is 0. The van der Waals surface area contributed by atoms with Crippen molar-refractivity contribution in [1.82, 2.24) is 0 Å². The summed E-state index contributed by atoms with van der Waals surface area (Å²) in [6, 6.07) is 7.64. The lowest BCUT2D eigenvalue weighted by Gasteiger charge is -2.41. The lowest BCUT2D eigenvalue weighted by atomic mass is 9.67. The van der Waals surface area contributed by atoms with Gasteiger partial charge in [0.25, 0.3) is 0 Å². The Kier molecular flexibility index (Phi) is 3.23. The number of rotatable bonds is 4. The molecule has 1 aliphatic carbocycles. The summed E-state index contributed by atoms with van der Waals surface area (Å²) < 4.78 is 0. The van der Waals surface area contributed by atoms with Crippen LogP contribution in [-0.4, -0.2) is 6.54 Å². The minimum atomic E-state index is 0.452. The topological polar surface area (TPSA) is 61.8 Å². The van der Waals surface area contributed by atoms with Crippen LogP contribution in [0.15, 0.2) is 18.2 Å². The summed E-state index contributed by atoms with van der Waals surface area (Å²) >= 11 is 0. The molecule has 0 unspecified atom stereocenters. The Labute approximate surface area is 103 Å². The van der Waals surface area contributed by atoms with Crippen molar-refractivity contribution in [2.45, 2.75) is 32.6 Å². The number of hydrogen-bond acceptors (Lipinski definition) is 3. The van der Waals surface area contributed by atoms with E-state index in [9.17, 15) is 0 Å². The lowest BCUT2D eigenvalue weighted by Crippen LogP contribution is -2.35. The van der Waals surface area contributed by atoms with E-state index >= 15 is 0 Å². The monoisotopic (exact) mass is 229 g/mol. The standard InChI is InChI=1S/C14H19N3/c1-2-14(6-3-7-14)10-17-13-5-4-12(16)8-11(13)9-15/h4-5,8,17H,2-3,6-7,10,16H2,1H3. The molecule has 2 rings (SSSR count). The Hall–Kier alpha value is -1.69. The maximum Gasteiger partial charge on any atom is 0.101 e. The van der Waals surface area contributed by atoms with E-state index in [-0.39, 0.29) is 0 Å². The van der Waals surface area contributed by atoms with Gasteiger partial charge in [0.1, 0.15) is 6.07 Å². The van der Waals surface area contributed by atoms with Crippen LogP contribution in [0.3, 0.4) is 0 Å². The maximum atomic E-state index is 9.06. The Bertz CT molecular complexity index is 436. The Morgan fingerprint density at radius 2 is 2.24 bits per heavy atom. The number of nitrogens with zero attached hydrogens (tertiary/aromatic N) is 1. The van der Waals surface area contributed by atoms with E-state index in [1.165, 1.54) is 25.7 Å². The van der Waals surface area contributed by atoms with Crippen LogP contribution in [0.1, 0.15) is 38.2 Å². The fraction of sp³-hybridized carbons (Fsp3) is 0.500. The third-order valence-electron chi connectivity index (χ3n) is 3.98. The van der Waals surface area contributed by atoms with Crippen LogP contribution in [0.4, 0.5) is 11.4 Å². The first-order valence-electron chi connectivity index (χ1n) is 6.23. The highest BCUT2D eigenvalue weighted by atomic mass is 14.9. The molecular weight excluding hydrogens is 210 g/mol. The predicted molar refractivity (Wildman–Crippen MR) is 70.6 cm³/mol. The molecule has 1 aromatic carbocycles. The number of nitrogen functional groups attached to an aromatic ring is 1. The average molecular weight is 229 g/mol. The second-order valence-electron chi connectivity index (χ2n) is 4.98. The summed E-state index contributed by atoms with van der Waals surface area (Å²) in [6.45, 7) is 3.21. The normalized spacial score (nSPS) is 16.9. The van der Waals surface area contributed by atoms with E-state index in [2.05, 4.69) is 18.3 Å². The Balaban J connectivity index is 2.06. The number of benzene rings is 1. The fourth-order valence-electron chi connectivity index (χ4n) is 2.42.